The molecule has 0 aromatic rings. The van der Waals surface area contributed by atoms with Crippen LogP contribution in [0.25, 0.3) is 0 Å². The minimum absolute atomic E-state index is 0.837. The summed E-state index contributed by atoms with van der Waals surface area (Å²) in [5.74, 6) is 3.52. The van der Waals surface area contributed by atoms with Gasteiger partial charge in [0.2, 0.25) is 0 Å². The van der Waals surface area contributed by atoms with Gasteiger partial charge in [0.1, 0.15) is 0 Å². The van der Waals surface area contributed by atoms with E-state index in [-0.39, 0.29) is 0 Å². The molecule has 0 aliphatic carbocycles. The smallest absolute Gasteiger partial charge is 0.0394 e. The summed E-state index contributed by atoms with van der Waals surface area (Å²) in [6.07, 6.45) is 4.15. The molecule has 0 saturated heterocycles. The quantitative estimate of drug-likeness (QED) is 0.559. The maximum atomic E-state index is 2.41. The second-order valence-corrected chi connectivity index (χ2v) is 5.21. The molecule has 0 heteroatoms. The van der Waals surface area contributed by atoms with Crippen molar-refractivity contribution in [1.82, 2.24) is 0 Å². The molecule has 0 fully saturated rings. The molecule has 0 aromatic heterocycles. The van der Waals surface area contributed by atoms with Gasteiger partial charge in [-0.05, 0) is 30.1 Å². The van der Waals surface area contributed by atoms with E-state index in [1.54, 1.807) is 0 Å². The highest BCUT2D eigenvalue weighted by Gasteiger charge is 2.17. The Morgan fingerprint density at radius 1 is 0.923 bits per heavy atom. The summed E-state index contributed by atoms with van der Waals surface area (Å²) in [6.45, 7) is 14.2. The normalized spacial score (nSPS) is 18.7. The topological polar surface area (TPSA) is 0 Å². The monoisotopic (exact) mass is 184 g/mol. The van der Waals surface area contributed by atoms with Gasteiger partial charge >= 0.3 is 0 Å². The Balaban J connectivity index is 3.77. The van der Waals surface area contributed by atoms with E-state index in [2.05, 4.69) is 41.5 Å². The SMILES string of the molecule is CCCC(C)CC(C)C(C)C(C)C. The Morgan fingerprint density at radius 3 is 1.85 bits per heavy atom. The molecule has 3 unspecified atom stereocenters. The third kappa shape index (κ3) is 5.33. The van der Waals surface area contributed by atoms with E-state index in [1.165, 1.54) is 19.3 Å². The van der Waals surface area contributed by atoms with Crippen LogP contribution in [0.5, 0.6) is 0 Å². The van der Waals surface area contributed by atoms with Crippen LogP contribution in [0.3, 0.4) is 0 Å². The van der Waals surface area contributed by atoms with E-state index < -0.39 is 0 Å². The average molecular weight is 184 g/mol. The highest BCUT2D eigenvalue weighted by molar-refractivity contribution is 4.67. The predicted octanol–water partition coefficient (Wildman–Crippen LogP) is 4.74. The maximum Gasteiger partial charge on any atom is -0.0394 e. The number of hydrogen-bond acceptors (Lipinski definition) is 0. The van der Waals surface area contributed by atoms with Crippen molar-refractivity contribution < 1.29 is 0 Å². The van der Waals surface area contributed by atoms with Crippen molar-refractivity contribution in [3.05, 3.63) is 0 Å². The molecule has 0 spiro atoms. The fraction of sp³-hybridized carbons (Fsp3) is 1.00. The zero-order chi connectivity index (χ0) is 10.4. The summed E-state index contributed by atoms with van der Waals surface area (Å²) in [4.78, 5) is 0. The summed E-state index contributed by atoms with van der Waals surface area (Å²) in [6, 6.07) is 0. The molecule has 0 rings (SSSR count). The molecule has 80 valence electrons. The molecule has 0 aliphatic heterocycles. The average Bonchev–Trinajstić information content (AvgIpc) is 2.03. The first-order chi connectivity index (χ1) is 5.99. The largest absolute Gasteiger partial charge is 0.0654 e. The van der Waals surface area contributed by atoms with Crippen LogP contribution in [0.4, 0.5) is 0 Å². The third-order valence-electron chi connectivity index (χ3n) is 3.50. The minimum atomic E-state index is 0.837. The molecule has 13 heavy (non-hydrogen) atoms. The van der Waals surface area contributed by atoms with Gasteiger partial charge in [0.05, 0.1) is 0 Å². The van der Waals surface area contributed by atoms with Crippen LogP contribution in [0.2, 0.25) is 0 Å². The second kappa shape index (κ2) is 6.45. The fourth-order valence-electron chi connectivity index (χ4n) is 2.12. The van der Waals surface area contributed by atoms with Crippen LogP contribution in [0, 0.1) is 23.7 Å². The molecule has 0 aliphatic rings. The van der Waals surface area contributed by atoms with Gasteiger partial charge in [0.25, 0.3) is 0 Å². The molecular weight excluding hydrogens is 156 g/mol. The van der Waals surface area contributed by atoms with Gasteiger partial charge in [0, 0.05) is 0 Å². The lowest BCUT2D eigenvalue weighted by Crippen LogP contribution is -2.16. The van der Waals surface area contributed by atoms with Crippen molar-refractivity contribution in [3.63, 3.8) is 0 Å². The first-order valence-electron chi connectivity index (χ1n) is 5.99. The predicted molar refractivity (Wildman–Crippen MR) is 61.9 cm³/mol. The van der Waals surface area contributed by atoms with E-state index in [1.807, 2.05) is 0 Å². The molecule has 0 radical (unpaired) electrons. The zero-order valence-corrected chi connectivity index (χ0v) is 10.4. The Morgan fingerprint density at radius 2 is 1.46 bits per heavy atom. The molecule has 0 aromatic carbocycles. The summed E-state index contributed by atoms with van der Waals surface area (Å²) < 4.78 is 0. The Kier molecular flexibility index (Phi) is 6.45. The zero-order valence-electron chi connectivity index (χ0n) is 10.4. The van der Waals surface area contributed by atoms with E-state index >= 15 is 0 Å². The Labute approximate surface area is 85.1 Å². The molecular formula is C13H28. The lowest BCUT2D eigenvalue weighted by molar-refractivity contribution is 0.247. The highest BCUT2D eigenvalue weighted by atomic mass is 14.2. The van der Waals surface area contributed by atoms with Crippen LogP contribution in [0.15, 0.2) is 0 Å². The van der Waals surface area contributed by atoms with E-state index in [0.717, 1.165) is 23.7 Å². The lowest BCUT2D eigenvalue weighted by atomic mass is 9.80. The Bertz CT molecular complexity index is 115. The first-order valence-corrected chi connectivity index (χ1v) is 5.99. The molecule has 0 N–H and O–H groups in total. The van der Waals surface area contributed by atoms with Gasteiger partial charge in [-0.2, -0.15) is 0 Å². The summed E-state index contributed by atoms with van der Waals surface area (Å²) >= 11 is 0. The Hall–Kier alpha value is 0. The number of hydrogen-bond donors (Lipinski definition) is 0. The highest BCUT2D eigenvalue weighted by Crippen LogP contribution is 2.27. The lowest BCUT2D eigenvalue weighted by Gasteiger charge is -2.25. The molecule has 0 heterocycles. The first kappa shape index (κ1) is 13.0. The van der Waals surface area contributed by atoms with Crippen molar-refractivity contribution in [2.24, 2.45) is 23.7 Å². The van der Waals surface area contributed by atoms with Crippen LogP contribution in [-0.2, 0) is 0 Å². The third-order valence-corrected chi connectivity index (χ3v) is 3.50. The molecule has 0 bridgehead atoms. The van der Waals surface area contributed by atoms with Crippen molar-refractivity contribution in [3.8, 4) is 0 Å². The molecule has 0 nitrogen and oxygen atoms in total. The number of rotatable bonds is 6. The maximum absolute atomic E-state index is 2.41. The fourth-order valence-corrected chi connectivity index (χ4v) is 2.12. The molecule has 0 saturated carbocycles. The van der Waals surface area contributed by atoms with Gasteiger partial charge in [-0.15, -0.1) is 0 Å². The van der Waals surface area contributed by atoms with Gasteiger partial charge in [-0.25, -0.2) is 0 Å². The van der Waals surface area contributed by atoms with Crippen LogP contribution >= 0.6 is 0 Å². The van der Waals surface area contributed by atoms with Gasteiger partial charge in [-0.3, -0.25) is 0 Å². The van der Waals surface area contributed by atoms with Crippen LogP contribution < -0.4 is 0 Å². The van der Waals surface area contributed by atoms with Gasteiger partial charge in [0.15, 0.2) is 0 Å². The summed E-state index contributed by atoms with van der Waals surface area (Å²) in [7, 11) is 0. The van der Waals surface area contributed by atoms with Crippen LogP contribution in [0.1, 0.15) is 60.8 Å². The standard InChI is InChI=1S/C13H28/c1-7-8-11(4)9-12(5)13(6)10(2)3/h10-13H,7-9H2,1-6H3. The summed E-state index contributed by atoms with van der Waals surface area (Å²) in [5, 5.41) is 0. The van der Waals surface area contributed by atoms with Crippen molar-refractivity contribution in [2.75, 3.05) is 0 Å². The summed E-state index contributed by atoms with van der Waals surface area (Å²) in [5.41, 5.74) is 0. The molecule has 0 amide bonds. The van der Waals surface area contributed by atoms with Crippen molar-refractivity contribution in [2.45, 2.75) is 60.8 Å². The molecule has 3 atom stereocenters. The minimum Gasteiger partial charge on any atom is -0.0654 e. The van der Waals surface area contributed by atoms with E-state index in [4.69, 9.17) is 0 Å². The van der Waals surface area contributed by atoms with Crippen molar-refractivity contribution >= 4 is 0 Å². The van der Waals surface area contributed by atoms with Gasteiger partial charge in [-0.1, -0.05) is 54.4 Å². The second-order valence-electron chi connectivity index (χ2n) is 5.21. The van der Waals surface area contributed by atoms with E-state index in [0.29, 0.717) is 0 Å². The van der Waals surface area contributed by atoms with Gasteiger partial charge < -0.3 is 0 Å². The van der Waals surface area contributed by atoms with Crippen molar-refractivity contribution in [1.29, 1.82) is 0 Å². The van der Waals surface area contributed by atoms with Crippen LogP contribution in [-0.4, -0.2) is 0 Å². The van der Waals surface area contributed by atoms with E-state index in [9.17, 15) is 0 Å².